The van der Waals surface area contributed by atoms with Crippen LogP contribution in [0.25, 0.3) is 0 Å². The summed E-state index contributed by atoms with van der Waals surface area (Å²) in [7, 11) is 0. The van der Waals surface area contributed by atoms with Crippen LogP contribution >= 0.6 is 0 Å². The zero-order valence-corrected chi connectivity index (χ0v) is 9.69. The second-order valence-electron chi connectivity index (χ2n) is 5.70. The van der Waals surface area contributed by atoms with Crippen molar-refractivity contribution in [3.8, 4) is 0 Å². The maximum atomic E-state index is 12.4. The van der Waals surface area contributed by atoms with Gasteiger partial charge in [-0.25, -0.2) is 0 Å². The number of nitrogens with one attached hydrogen (secondary N) is 2. The van der Waals surface area contributed by atoms with Crippen molar-refractivity contribution in [3.05, 3.63) is 5.21 Å². The molecule has 1 aliphatic heterocycles. The van der Waals surface area contributed by atoms with Crippen molar-refractivity contribution in [2.75, 3.05) is 0 Å². The Morgan fingerprint density at radius 3 is 2.62 bits per heavy atom. The number of rotatable bonds is 0. The van der Waals surface area contributed by atoms with Gasteiger partial charge in [-0.15, -0.1) is 0 Å². The molecule has 92 valence electrons. The van der Waals surface area contributed by atoms with E-state index >= 15 is 0 Å². The number of hydrogen-bond donors (Lipinski definition) is 3. The highest BCUT2D eigenvalue weighted by molar-refractivity contribution is 4.97. The third-order valence-electron chi connectivity index (χ3n) is 4.77. The van der Waals surface area contributed by atoms with Crippen molar-refractivity contribution < 1.29 is 10.2 Å². The molecule has 16 heavy (non-hydrogen) atoms. The topological polar surface area (TPSA) is 59.8 Å². The van der Waals surface area contributed by atoms with Gasteiger partial charge in [0.1, 0.15) is 12.1 Å². The average molecular weight is 226 g/mol. The smallest absolute Gasteiger partial charge is 0.105 e. The minimum atomic E-state index is -0.300. The van der Waals surface area contributed by atoms with Crippen LogP contribution in [0.3, 0.4) is 0 Å². The number of fused-ring (bicyclic) bond motifs is 2. The summed E-state index contributed by atoms with van der Waals surface area (Å²) < 4.78 is 0. The highest BCUT2D eigenvalue weighted by Crippen LogP contribution is 2.26. The van der Waals surface area contributed by atoms with Gasteiger partial charge in [-0.3, -0.25) is 5.32 Å². The van der Waals surface area contributed by atoms with Gasteiger partial charge < -0.3 is 15.4 Å². The van der Waals surface area contributed by atoms with Crippen molar-refractivity contribution in [2.45, 2.75) is 75.2 Å². The van der Waals surface area contributed by atoms with Crippen LogP contribution in [0.1, 0.15) is 44.9 Å². The Morgan fingerprint density at radius 1 is 1.00 bits per heavy atom. The molecule has 2 aliphatic carbocycles. The number of aliphatic hydroxyl groups is 1. The SMILES string of the molecule is [O-][NH+]1C2CCCCC2NC2C(O)CCCC21. The van der Waals surface area contributed by atoms with E-state index in [4.69, 9.17) is 0 Å². The van der Waals surface area contributed by atoms with Crippen LogP contribution in [0.5, 0.6) is 0 Å². The zero-order valence-electron chi connectivity index (χ0n) is 9.69. The summed E-state index contributed by atoms with van der Waals surface area (Å²) in [6.45, 7) is 0. The van der Waals surface area contributed by atoms with Crippen LogP contribution in [0.4, 0.5) is 0 Å². The molecule has 3 N–H and O–H groups in total. The molecule has 0 radical (unpaired) electrons. The summed E-state index contributed by atoms with van der Waals surface area (Å²) in [6, 6.07) is 0.763. The van der Waals surface area contributed by atoms with Crippen molar-refractivity contribution in [1.29, 1.82) is 0 Å². The van der Waals surface area contributed by atoms with Crippen molar-refractivity contribution in [3.63, 3.8) is 0 Å². The van der Waals surface area contributed by atoms with E-state index in [1.54, 1.807) is 0 Å². The molecule has 6 atom stereocenters. The van der Waals surface area contributed by atoms with Crippen molar-refractivity contribution >= 4 is 0 Å². The number of quaternary nitrogens is 1. The molecular formula is C12H22N2O2. The molecule has 0 aromatic carbocycles. The lowest BCUT2D eigenvalue weighted by Gasteiger charge is -2.54. The van der Waals surface area contributed by atoms with E-state index in [9.17, 15) is 10.3 Å². The number of aliphatic hydroxyl groups excluding tert-OH is 1. The first-order valence-electron chi connectivity index (χ1n) is 6.75. The van der Waals surface area contributed by atoms with Crippen LogP contribution in [-0.4, -0.2) is 35.4 Å². The van der Waals surface area contributed by atoms with Crippen molar-refractivity contribution in [2.24, 2.45) is 0 Å². The van der Waals surface area contributed by atoms with E-state index in [1.165, 1.54) is 12.8 Å². The van der Waals surface area contributed by atoms with Gasteiger partial charge in [0.25, 0.3) is 0 Å². The summed E-state index contributed by atoms with van der Waals surface area (Å²) in [6.07, 6.45) is 7.17. The van der Waals surface area contributed by atoms with E-state index in [2.05, 4.69) is 5.32 Å². The molecule has 3 rings (SSSR count). The van der Waals surface area contributed by atoms with Crippen LogP contribution in [0, 0.1) is 5.21 Å². The standard InChI is InChI=1S/C12H22N2O2/c15-11-7-3-6-10-12(11)13-8-4-1-2-5-9(8)14(10)16/h8-15H,1-7H2. The maximum absolute atomic E-state index is 12.4. The zero-order chi connectivity index (χ0) is 11.1. The molecule has 3 aliphatic rings. The minimum absolute atomic E-state index is 0.0561. The lowest BCUT2D eigenvalue weighted by Crippen LogP contribution is -3.21. The molecule has 2 saturated carbocycles. The lowest BCUT2D eigenvalue weighted by molar-refractivity contribution is -0.914. The molecule has 3 fully saturated rings. The normalized spacial score (nSPS) is 52.9. The van der Waals surface area contributed by atoms with E-state index in [1.807, 2.05) is 0 Å². The van der Waals surface area contributed by atoms with Gasteiger partial charge in [-0.1, -0.05) is 6.42 Å². The molecule has 1 saturated heterocycles. The van der Waals surface area contributed by atoms with Gasteiger partial charge >= 0.3 is 0 Å². The van der Waals surface area contributed by atoms with Gasteiger partial charge in [0.05, 0.1) is 18.2 Å². The molecule has 1 heterocycles. The van der Waals surface area contributed by atoms with Crippen LogP contribution in [0.15, 0.2) is 0 Å². The number of piperazine rings is 1. The first-order valence-corrected chi connectivity index (χ1v) is 6.75. The first kappa shape index (κ1) is 11.0. The number of hydrogen-bond acceptors (Lipinski definition) is 3. The van der Waals surface area contributed by atoms with Crippen LogP contribution < -0.4 is 10.4 Å². The molecule has 0 amide bonds. The molecular weight excluding hydrogens is 204 g/mol. The molecule has 4 heteroatoms. The maximum Gasteiger partial charge on any atom is 0.105 e. The minimum Gasteiger partial charge on any atom is -0.634 e. The molecule has 6 unspecified atom stereocenters. The van der Waals surface area contributed by atoms with E-state index in [-0.39, 0.29) is 24.2 Å². The fraction of sp³-hybridized carbons (Fsp3) is 1.00. The summed E-state index contributed by atoms with van der Waals surface area (Å²) in [5.41, 5.74) is 0. The molecule has 0 aromatic heterocycles. The summed E-state index contributed by atoms with van der Waals surface area (Å²) in [5, 5.41) is 26.4. The quantitative estimate of drug-likeness (QED) is 0.491. The Kier molecular flexibility index (Phi) is 2.92. The molecule has 0 bridgehead atoms. The Bertz CT molecular complexity index is 261. The lowest BCUT2D eigenvalue weighted by atomic mass is 9.79. The monoisotopic (exact) mass is 226 g/mol. The summed E-state index contributed by atoms with van der Waals surface area (Å²) >= 11 is 0. The van der Waals surface area contributed by atoms with Gasteiger partial charge in [0.2, 0.25) is 0 Å². The second kappa shape index (κ2) is 4.26. The highest BCUT2D eigenvalue weighted by atomic mass is 16.5. The van der Waals surface area contributed by atoms with Crippen molar-refractivity contribution in [1.82, 2.24) is 5.32 Å². The Labute approximate surface area is 96.6 Å². The largest absolute Gasteiger partial charge is 0.634 e. The second-order valence-corrected chi connectivity index (χ2v) is 5.70. The van der Waals surface area contributed by atoms with Crippen LogP contribution in [-0.2, 0) is 0 Å². The predicted octanol–water partition coefficient (Wildman–Crippen LogP) is -0.434. The fourth-order valence-corrected chi connectivity index (χ4v) is 3.91. The fourth-order valence-electron chi connectivity index (χ4n) is 3.91. The van der Waals surface area contributed by atoms with Gasteiger partial charge in [0, 0.05) is 12.8 Å². The summed E-state index contributed by atoms with van der Waals surface area (Å²) in [4.78, 5) is 0. The summed E-state index contributed by atoms with van der Waals surface area (Å²) in [5.74, 6) is 0. The van der Waals surface area contributed by atoms with E-state index in [0.29, 0.717) is 11.1 Å². The van der Waals surface area contributed by atoms with Gasteiger partial charge in [-0.2, -0.15) is 0 Å². The van der Waals surface area contributed by atoms with Crippen LogP contribution in [0.2, 0.25) is 0 Å². The average Bonchev–Trinajstić information content (AvgIpc) is 2.31. The third kappa shape index (κ3) is 1.68. The third-order valence-corrected chi connectivity index (χ3v) is 4.77. The highest BCUT2D eigenvalue weighted by Gasteiger charge is 2.47. The number of hydroxylamine groups is 2. The Morgan fingerprint density at radius 2 is 1.75 bits per heavy atom. The Balaban J connectivity index is 1.79. The van der Waals surface area contributed by atoms with E-state index in [0.717, 1.165) is 32.1 Å². The molecule has 0 spiro atoms. The molecule has 0 aromatic rings. The molecule has 4 nitrogen and oxygen atoms in total. The predicted molar refractivity (Wildman–Crippen MR) is 60.9 cm³/mol. The van der Waals surface area contributed by atoms with E-state index < -0.39 is 0 Å². The van der Waals surface area contributed by atoms with Gasteiger partial charge in [0.15, 0.2) is 0 Å². The Hall–Kier alpha value is -0.160. The first-order chi connectivity index (χ1) is 7.77. The van der Waals surface area contributed by atoms with Gasteiger partial charge in [-0.05, 0) is 25.7 Å².